The Labute approximate surface area is 304 Å². The minimum Gasteiger partial charge on any atom is -0.512 e. The van der Waals surface area contributed by atoms with E-state index in [0.29, 0.717) is 0 Å². The molecule has 0 aliphatic heterocycles. The fourth-order valence-electron chi connectivity index (χ4n) is 7.21. The average molecular weight is 825 g/mol. The molecular formula is C44H58IrNO2-. The van der Waals surface area contributed by atoms with Crippen LogP contribution in [0.2, 0.25) is 0 Å². The van der Waals surface area contributed by atoms with Gasteiger partial charge in [-0.2, -0.15) is 0 Å². The smallest absolute Gasteiger partial charge is 0.162 e. The Morgan fingerprint density at radius 2 is 1.42 bits per heavy atom. The van der Waals surface area contributed by atoms with Crippen LogP contribution in [-0.2, 0) is 41.1 Å². The monoisotopic (exact) mass is 825 g/mol. The first kappa shape index (κ1) is 39.6. The molecule has 0 fully saturated rings. The first-order valence-corrected chi connectivity index (χ1v) is 17.9. The summed E-state index contributed by atoms with van der Waals surface area (Å²) >= 11 is 0. The zero-order chi connectivity index (χ0) is 34.7. The van der Waals surface area contributed by atoms with Crippen molar-refractivity contribution in [2.75, 3.05) is 0 Å². The molecule has 261 valence electrons. The van der Waals surface area contributed by atoms with Gasteiger partial charge in [-0.15, -0.1) is 29.1 Å². The van der Waals surface area contributed by atoms with Crippen molar-refractivity contribution < 1.29 is 30.0 Å². The topological polar surface area (TPSA) is 50.2 Å². The molecule has 0 spiro atoms. The van der Waals surface area contributed by atoms with E-state index in [4.69, 9.17) is 4.98 Å². The third-order valence-electron chi connectivity index (χ3n) is 10.7. The first-order valence-electron chi connectivity index (χ1n) is 17.9. The van der Waals surface area contributed by atoms with Crippen LogP contribution in [-0.4, -0.2) is 15.9 Å². The molecule has 1 aliphatic carbocycles. The number of aromatic nitrogens is 1. The molecule has 0 saturated heterocycles. The van der Waals surface area contributed by atoms with E-state index in [1.165, 1.54) is 51.8 Å². The summed E-state index contributed by atoms with van der Waals surface area (Å²) in [6.45, 7) is 24.5. The van der Waals surface area contributed by atoms with E-state index in [1.54, 1.807) is 0 Å². The van der Waals surface area contributed by atoms with Gasteiger partial charge in [-0.1, -0.05) is 117 Å². The van der Waals surface area contributed by atoms with Crippen LogP contribution in [0.4, 0.5) is 0 Å². The number of benzene rings is 3. The van der Waals surface area contributed by atoms with Gasteiger partial charge in [-0.25, -0.2) is 0 Å². The maximum Gasteiger partial charge on any atom is 0.162 e. The third-order valence-corrected chi connectivity index (χ3v) is 10.7. The summed E-state index contributed by atoms with van der Waals surface area (Å²) in [6.07, 6.45) is 9.31. The second kappa shape index (κ2) is 15.8. The van der Waals surface area contributed by atoms with Gasteiger partial charge in [0.2, 0.25) is 0 Å². The number of carbonyl (C=O) groups excluding carboxylic acids is 1. The Balaban J connectivity index is 0.000000334. The summed E-state index contributed by atoms with van der Waals surface area (Å²) < 4.78 is 0. The number of pyridine rings is 1. The van der Waals surface area contributed by atoms with Gasteiger partial charge in [0.25, 0.3) is 0 Å². The van der Waals surface area contributed by atoms with E-state index < -0.39 is 0 Å². The van der Waals surface area contributed by atoms with E-state index in [1.807, 2.05) is 33.9 Å². The molecule has 1 aromatic heterocycles. The van der Waals surface area contributed by atoms with Gasteiger partial charge in [-0.05, 0) is 82.7 Å². The van der Waals surface area contributed by atoms with Crippen molar-refractivity contribution in [1.82, 2.24) is 4.98 Å². The molecule has 4 aromatic rings. The van der Waals surface area contributed by atoms with Gasteiger partial charge in [0.05, 0.1) is 5.76 Å². The fraction of sp³-hybridized carbons (Fsp3) is 0.500. The predicted molar refractivity (Wildman–Crippen MR) is 201 cm³/mol. The number of ketones is 1. The number of hydrogen-bond acceptors (Lipinski definition) is 3. The van der Waals surface area contributed by atoms with Gasteiger partial charge in [0, 0.05) is 49.9 Å². The Morgan fingerprint density at radius 3 is 1.98 bits per heavy atom. The van der Waals surface area contributed by atoms with E-state index >= 15 is 0 Å². The maximum absolute atomic E-state index is 11.7. The number of allylic oxidation sites excluding steroid dienone is 2. The molecule has 1 N–H and O–H groups in total. The molecule has 5 rings (SSSR count). The number of carbonyl (C=O) groups is 1. The number of hydrogen-bond donors (Lipinski definition) is 1. The third kappa shape index (κ3) is 8.48. The number of aliphatic hydroxyl groups is 1. The molecule has 1 aliphatic rings. The quantitative estimate of drug-likeness (QED) is 0.109. The van der Waals surface area contributed by atoms with Crippen molar-refractivity contribution >= 4 is 27.3 Å². The molecule has 3 nitrogen and oxygen atoms in total. The number of nitrogens with zero attached hydrogens (tertiary/aromatic N) is 1. The zero-order valence-electron chi connectivity index (χ0n) is 31.3. The molecule has 1 radical (unpaired) electrons. The van der Waals surface area contributed by atoms with Gasteiger partial charge in [0.1, 0.15) is 0 Å². The van der Waals surface area contributed by atoms with Crippen molar-refractivity contribution in [3.63, 3.8) is 0 Å². The van der Waals surface area contributed by atoms with E-state index in [2.05, 4.69) is 103 Å². The maximum atomic E-state index is 11.7. The summed E-state index contributed by atoms with van der Waals surface area (Å²) in [5.74, 6) is 0.547. The average Bonchev–Trinajstić information content (AvgIpc) is 3.03. The molecular weight excluding hydrogens is 767 g/mol. The molecule has 1 heterocycles. The van der Waals surface area contributed by atoms with Crippen molar-refractivity contribution in [2.24, 2.45) is 11.8 Å². The van der Waals surface area contributed by atoms with Crippen LogP contribution in [0.5, 0.6) is 0 Å². The molecule has 4 heteroatoms. The Kier molecular flexibility index (Phi) is 13.1. The van der Waals surface area contributed by atoms with Crippen LogP contribution < -0.4 is 0 Å². The van der Waals surface area contributed by atoms with Gasteiger partial charge in [0.15, 0.2) is 5.78 Å². The second-order valence-electron chi connectivity index (χ2n) is 15.9. The number of rotatable bonds is 8. The number of fused-ring (bicyclic) bond motifs is 3. The summed E-state index contributed by atoms with van der Waals surface area (Å²) in [4.78, 5) is 16.6. The first-order chi connectivity index (χ1) is 22.1. The van der Waals surface area contributed by atoms with E-state index in [9.17, 15) is 9.90 Å². The van der Waals surface area contributed by atoms with Crippen molar-refractivity contribution in [3.8, 4) is 11.3 Å². The minimum atomic E-state index is 0. The summed E-state index contributed by atoms with van der Waals surface area (Å²) in [5, 5.41) is 14.7. The summed E-state index contributed by atoms with van der Waals surface area (Å²) in [5.41, 5.74) is 6.88. The SMILES string of the molecule is CC(C)(C)c1cc(-c2nccc3cc4c(cc23)C(C)(C)CCC4(C)C)[c-]c2ccccc12.CCC(CC)C(=O)/C=C(\O)C(CC)CC.[Ir]. The summed E-state index contributed by atoms with van der Waals surface area (Å²) in [6, 6.07) is 21.7. The van der Waals surface area contributed by atoms with E-state index in [-0.39, 0.29) is 59.7 Å². The van der Waals surface area contributed by atoms with Gasteiger partial charge < -0.3 is 5.11 Å². The van der Waals surface area contributed by atoms with Gasteiger partial charge >= 0.3 is 0 Å². The molecule has 0 bridgehead atoms. The number of aliphatic hydroxyl groups excluding tert-OH is 1. The van der Waals surface area contributed by atoms with Crippen LogP contribution in [0, 0.1) is 17.9 Å². The molecule has 0 atom stereocenters. The fourth-order valence-corrected chi connectivity index (χ4v) is 7.21. The van der Waals surface area contributed by atoms with Crippen LogP contribution in [0.3, 0.4) is 0 Å². The van der Waals surface area contributed by atoms with Crippen molar-refractivity contribution in [3.05, 3.63) is 89.3 Å². The summed E-state index contributed by atoms with van der Waals surface area (Å²) in [7, 11) is 0. The Hall–Kier alpha value is -2.81. The van der Waals surface area contributed by atoms with Crippen LogP contribution in [0.15, 0.2) is 66.6 Å². The zero-order valence-corrected chi connectivity index (χ0v) is 33.7. The van der Waals surface area contributed by atoms with Gasteiger partial charge in [-0.3, -0.25) is 9.78 Å². The standard InChI is InChI=1S/C31H34N.C13H24O2.Ir/c1-29(2,3)25-18-22(16-20-10-8-9-11-23(20)25)28-24-19-27-26(17-21(24)12-15-32-28)30(4,5)13-14-31(27,6)7;1-5-10(6-2)12(14)9-13(15)11(7-3)8-4;/h8-12,15,17-19H,13-14H2,1-7H3;9-11,14H,5-8H2,1-4H3;/q-1;;/b;12-9-;. The molecule has 0 saturated carbocycles. The Morgan fingerprint density at radius 1 is 0.854 bits per heavy atom. The van der Waals surface area contributed by atoms with E-state index in [0.717, 1.165) is 42.3 Å². The second-order valence-corrected chi connectivity index (χ2v) is 15.9. The molecule has 0 unspecified atom stereocenters. The van der Waals surface area contributed by atoms with Crippen molar-refractivity contribution in [1.29, 1.82) is 0 Å². The van der Waals surface area contributed by atoms with Crippen LogP contribution in [0.25, 0.3) is 32.8 Å². The molecule has 48 heavy (non-hydrogen) atoms. The largest absolute Gasteiger partial charge is 0.512 e. The molecule has 0 amide bonds. The normalized spacial score (nSPS) is 15.6. The predicted octanol–water partition coefficient (Wildman–Crippen LogP) is 12.4. The van der Waals surface area contributed by atoms with Crippen LogP contribution in [0.1, 0.15) is 131 Å². The van der Waals surface area contributed by atoms with Crippen LogP contribution >= 0.6 is 0 Å². The Bertz CT molecular complexity index is 1750. The minimum absolute atomic E-state index is 0. The van der Waals surface area contributed by atoms with Crippen molar-refractivity contribution in [2.45, 2.75) is 131 Å². The molecule has 3 aromatic carbocycles.